The molecule has 1 atom stereocenters. The molecule has 0 unspecified atom stereocenters. The summed E-state index contributed by atoms with van der Waals surface area (Å²) in [6, 6.07) is 5.06. The highest BCUT2D eigenvalue weighted by atomic mass is 16.3. The van der Waals surface area contributed by atoms with Crippen molar-refractivity contribution in [3.8, 4) is 0 Å². The van der Waals surface area contributed by atoms with Crippen LogP contribution >= 0.6 is 0 Å². The van der Waals surface area contributed by atoms with Crippen LogP contribution in [0.4, 0.5) is 10.5 Å². The van der Waals surface area contributed by atoms with E-state index in [1.54, 1.807) is 12.1 Å². The molecule has 6 nitrogen and oxygen atoms in total. The van der Waals surface area contributed by atoms with Crippen molar-refractivity contribution in [3.63, 3.8) is 0 Å². The lowest BCUT2D eigenvalue weighted by molar-refractivity contribution is 0.241. The lowest BCUT2D eigenvalue weighted by atomic mass is 10.2. The van der Waals surface area contributed by atoms with Crippen LogP contribution < -0.4 is 10.6 Å². The highest BCUT2D eigenvalue weighted by Gasteiger charge is 2.28. The Labute approximate surface area is 122 Å². The van der Waals surface area contributed by atoms with Gasteiger partial charge in [0.2, 0.25) is 0 Å². The second-order valence-corrected chi connectivity index (χ2v) is 5.52. The molecule has 0 spiro atoms. The summed E-state index contributed by atoms with van der Waals surface area (Å²) in [4.78, 5) is 16.3. The number of aliphatic hydroxyl groups excluding tert-OH is 1. The molecule has 0 radical (unpaired) electrons. The number of nitrogens with one attached hydrogen (secondary N) is 2. The van der Waals surface area contributed by atoms with Crippen LogP contribution in [0, 0.1) is 0 Å². The molecule has 21 heavy (non-hydrogen) atoms. The number of oxazole rings is 1. The summed E-state index contributed by atoms with van der Waals surface area (Å²) >= 11 is 0. The quantitative estimate of drug-likeness (QED) is 0.789. The predicted molar refractivity (Wildman–Crippen MR) is 79.3 cm³/mol. The minimum Gasteiger partial charge on any atom is -0.440 e. The molecular formula is C15H19N3O3. The standard InChI is InChI=1S/C15H19N3O3/c1-9(6-7-19)16-15(20)17-11-4-5-12-13(8-11)21-14(18-12)10-2-3-10/h4-5,8-10,19H,2-3,6-7H2,1H3,(H2,16,17,20)/t9-/m1/s1. The number of amides is 2. The van der Waals surface area contributed by atoms with Crippen LogP contribution in [0.15, 0.2) is 22.6 Å². The zero-order valence-electron chi connectivity index (χ0n) is 11.9. The smallest absolute Gasteiger partial charge is 0.319 e. The Hall–Kier alpha value is -2.08. The summed E-state index contributed by atoms with van der Waals surface area (Å²) in [6.07, 6.45) is 2.81. The first kappa shape index (κ1) is 13.9. The number of hydrogen-bond donors (Lipinski definition) is 3. The minimum absolute atomic E-state index is 0.0510. The molecule has 1 fully saturated rings. The van der Waals surface area contributed by atoms with Gasteiger partial charge >= 0.3 is 6.03 Å². The molecule has 112 valence electrons. The summed E-state index contributed by atoms with van der Waals surface area (Å²) < 4.78 is 5.72. The molecule has 0 aliphatic heterocycles. The number of hydrogen-bond acceptors (Lipinski definition) is 4. The van der Waals surface area contributed by atoms with E-state index in [2.05, 4.69) is 15.6 Å². The molecule has 0 saturated heterocycles. The first-order chi connectivity index (χ1) is 10.2. The maximum absolute atomic E-state index is 11.8. The maximum atomic E-state index is 11.8. The molecule has 3 N–H and O–H groups in total. The third-order valence-electron chi connectivity index (χ3n) is 3.53. The first-order valence-electron chi connectivity index (χ1n) is 7.24. The highest BCUT2D eigenvalue weighted by molar-refractivity contribution is 5.91. The molecule has 2 aromatic rings. The lowest BCUT2D eigenvalue weighted by Gasteiger charge is -2.13. The number of rotatable bonds is 5. The maximum Gasteiger partial charge on any atom is 0.319 e. The number of urea groups is 1. The molecule has 2 amide bonds. The van der Waals surface area contributed by atoms with Gasteiger partial charge in [0.1, 0.15) is 5.52 Å². The summed E-state index contributed by atoms with van der Waals surface area (Å²) in [5.74, 6) is 1.26. The second-order valence-electron chi connectivity index (χ2n) is 5.52. The van der Waals surface area contributed by atoms with Gasteiger partial charge in [0.05, 0.1) is 0 Å². The Balaban J connectivity index is 1.67. The summed E-state index contributed by atoms with van der Waals surface area (Å²) in [6.45, 7) is 1.90. The van der Waals surface area contributed by atoms with Gasteiger partial charge in [-0.25, -0.2) is 9.78 Å². The van der Waals surface area contributed by atoms with Crippen LogP contribution in [0.25, 0.3) is 11.1 Å². The minimum atomic E-state index is -0.294. The van der Waals surface area contributed by atoms with Crippen molar-refractivity contribution in [1.82, 2.24) is 10.3 Å². The Morgan fingerprint density at radius 3 is 3.05 bits per heavy atom. The van der Waals surface area contributed by atoms with Gasteiger partial charge in [0.25, 0.3) is 0 Å². The average molecular weight is 289 g/mol. The molecule has 3 rings (SSSR count). The van der Waals surface area contributed by atoms with E-state index in [0.717, 1.165) is 24.2 Å². The number of nitrogens with zero attached hydrogens (tertiary/aromatic N) is 1. The first-order valence-corrected chi connectivity index (χ1v) is 7.24. The third-order valence-corrected chi connectivity index (χ3v) is 3.53. The van der Waals surface area contributed by atoms with Crippen molar-refractivity contribution in [2.75, 3.05) is 11.9 Å². The fourth-order valence-corrected chi connectivity index (χ4v) is 2.18. The zero-order chi connectivity index (χ0) is 14.8. The van der Waals surface area contributed by atoms with Gasteiger partial charge in [-0.15, -0.1) is 0 Å². The monoisotopic (exact) mass is 289 g/mol. The van der Waals surface area contributed by atoms with E-state index in [4.69, 9.17) is 9.52 Å². The number of fused-ring (bicyclic) bond motifs is 1. The third kappa shape index (κ3) is 3.33. The molecule has 1 aromatic carbocycles. The van der Waals surface area contributed by atoms with Crippen LogP contribution in [0.3, 0.4) is 0 Å². The Morgan fingerprint density at radius 1 is 1.52 bits per heavy atom. The Bertz CT molecular complexity index is 649. The van der Waals surface area contributed by atoms with Crippen LogP contribution in [0.2, 0.25) is 0 Å². The number of carbonyl (C=O) groups is 1. The largest absolute Gasteiger partial charge is 0.440 e. The van der Waals surface area contributed by atoms with E-state index in [1.807, 2.05) is 13.0 Å². The Morgan fingerprint density at radius 2 is 2.33 bits per heavy atom. The van der Waals surface area contributed by atoms with Gasteiger partial charge < -0.3 is 20.2 Å². The number of carbonyl (C=O) groups excluding carboxylic acids is 1. The van der Waals surface area contributed by atoms with E-state index in [0.29, 0.717) is 23.6 Å². The van der Waals surface area contributed by atoms with Crippen molar-refractivity contribution in [2.45, 2.75) is 38.1 Å². The van der Waals surface area contributed by atoms with Gasteiger partial charge in [-0.3, -0.25) is 0 Å². The lowest BCUT2D eigenvalue weighted by Crippen LogP contribution is -2.36. The zero-order valence-corrected chi connectivity index (χ0v) is 11.9. The highest BCUT2D eigenvalue weighted by Crippen LogP contribution is 2.40. The number of benzene rings is 1. The van der Waals surface area contributed by atoms with Crippen molar-refractivity contribution >= 4 is 22.8 Å². The Kier molecular flexibility index (Phi) is 3.79. The van der Waals surface area contributed by atoms with E-state index in [9.17, 15) is 4.79 Å². The van der Waals surface area contributed by atoms with Gasteiger partial charge in [0.15, 0.2) is 11.5 Å². The molecule has 1 aliphatic rings. The van der Waals surface area contributed by atoms with Gasteiger partial charge in [-0.05, 0) is 38.3 Å². The van der Waals surface area contributed by atoms with Crippen LogP contribution in [-0.2, 0) is 0 Å². The average Bonchev–Trinajstić information content (AvgIpc) is 3.19. The topological polar surface area (TPSA) is 87.4 Å². The molecule has 0 bridgehead atoms. The van der Waals surface area contributed by atoms with Crippen molar-refractivity contribution < 1.29 is 14.3 Å². The molecule has 1 heterocycles. The van der Waals surface area contributed by atoms with E-state index in [1.165, 1.54) is 0 Å². The molecular weight excluding hydrogens is 270 g/mol. The SMILES string of the molecule is C[C@H](CCO)NC(=O)Nc1ccc2nc(C3CC3)oc2c1. The van der Waals surface area contributed by atoms with E-state index in [-0.39, 0.29) is 18.7 Å². The fraction of sp³-hybridized carbons (Fsp3) is 0.467. The van der Waals surface area contributed by atoms with E-state index < -0.39 is 0 Å². The number of aliphatic hydroxyl groups is 1. The van der Waals surface area contributed by atoms with Gasteiger partial charge in [0, 0.05) is 30.3 Å². The molecule has 1 aromatic heterocycles. The van der Waals surface area contributed by atoms with Crippen molar-refractivity contribution in [2.24, 2.45) is 0 Å². The van der Waals surface area contributed by atoms with E-state index >= 15 is 0 Å². The van der Waals surface area contributed by atoms with Crippen molar-refractivity contribution in [1.29, 1.82) is 0 Å². The summed E-state index contributed by atoms with van der Waals surface area (Å²) in [5, 5.41) is 14.3. The van der Waals surface area contributed by atoms with Crippen molar-refractivity contribution in [3.05, 3.63) is 24.1 Å². The number of anilines is 1. The molecule has 1 saturated carbocycles. The predicted octanol–water partition coefficient (Wildman–Crippen LogP) is 2.60. The molecule has 6 heteroatoms. The van der Waals surface area contributed by atoms with Gasteiger partial charge in [-0.2, -0.15) is 0 Å². The number of aromatic nitrogens is 1. The normalized spacial score (nSPS) is 15.9. The van der Waals surface area contributed by atoms with Gasteiger partial charge in [-0.1, -0.05) is 0 Å². The van der Waals surface area contributed by atoms with Crippen LogP contribution in [0.5, 0.6) is 0 Å². The second kappa shape index (κ2) is 5.73. The fourth-order valence-electron chi connectivity index (χ4n) is 2.18. The van der Waals surface area contributed by atoms with Crippen LogP contribution in [0.1, 0.15) is 38.0 Å². The van der Waals surface area contributed by atoms with Crippen LogP contribution in [-0.4, -0.2) is 28.8 Å². The summed E-state index contributed by atoms with van der Waals surface area (Å²) in [5.41, 5.74) is 2.17. The summed E-state index contributed by atoms with van der Waals surface area (Å²) in [7, 11) is 0. The molecule has 1 aliphatic carbocycles.